The van der Waals surface area contributed by atoms with Crippen molar-refractivity contribution < 1.29 is 9.59 Å². The van der Waals surface area contributed by atoms with Crippen molar-refractivity contribution in [3.05, 3.63) is 65.8 Å². The van der Waals surface area contributed by atoms with Crippen molar-refractivity contribution in [1.29, 1.82) is 0 Å². The molecule has 1 saturated carbocycles. The second kappa shape index (κ2) is 13.4. The number of amidine groups is 1. The van der Waals surface area contributed by atoms with Gasteiger partial charge in [0.25, 0.3) is 5.91 Å². The fraction of sp³-hybridized carbons (Fsp3) is 0.516. The monoisotopic (exact) mass is 517 g/mol. The van der Waals surface area contributed by atoms with Crippen molar-refractivity contribution >= 4 is 23.3 Å². The fourth-order valence-corrected chi connectivity index (χ4v) is 5.63. The van der Waals surface area contributed by atoms with Crippen LogP contribution in [-0.4, -0.2) is 54.3 Å². The highest BCUT2D eigenvalue weighted by atomic mass is 16.2. The van der Waals surface area contributed by atoms with Gasteiger partial charge in [0.1, 0.15) is 0 Å². The average molecular weight is 518 g/mol. The van der Waals surface area contributed by atoms with Gasteiger partial charge in [-0.05, 0) is 62.7 Å². The summed E-state index contributed by atoms with van der Waals surface area (Å²) >= 11 is 0. The number of carbonyl (C=O) groups is 2. The van der Waals surface area contributed by atoms with Gasteiger partial charge in [0.15, 0.2) is 0 Å². The Balaban J connectivity index is 1.32. The van der Waals surface area contributed by atoms with Gasteiger partial charge in [-0.25, -0.2) is 0 Å². The lowest BCUT2D eigenvalue weighted by molar-refractivity contribution is -0.127. The maximum atomic E-state index is 13.2. The Hall–Kier alpha value is -3.35. The van der Waals surface area contributed by atoms with Crippen molar-refractivity contribution in [2.75, 3.05) is 25.0 Å². The molecule has 0 saturated heterocycles. The molecule has 2 amide bonds. The van der Waals surface area contributed by atoms with Gasteiger partial charge >= 0.3 is 0 Å². The van der Waals surface area contributed by atoms with Crippen molar-refractivity contribution in [2.45, 2.75) is 70.9 Å². The first-order valence-corrected chi connectivity index (χ1v) is 14.3. The van der Waals surface area contributed by atoms with Gasteiger partial charge in [-0.2, -0.15) is 0 Å². The number of benzene rings is 1. The van der Waals surface area contributed by atoms with Crippen molar-refractivity contribution in [3.63, 3.8) is 0 Å². The summed E-state index contributed by atoms with van der Waals surface area (Å²) in [5, 5.41) is 6.77. The average Bonchev–Trinajstić information content (AvgIpc) is 3.10. The van der Waals surface area contributed by atoms with Crippen LogP contribution in [0.3, 0.4) is 0 Å². The molecule has 38 heavy (non-hydrogen) atoms. The summed E-state index contributed by atoms with van der Waals surface area (Å²) in [6.45, 7) is 6.61. The third kappa shape index (κ3) is 7.36. The fourth-order valence-electron chi connectivity index (χ4n) is 5.63. The zero-order valence-electron chi connectivity index (χ0n) is 22.9. The summed E-state index contributed by atoms with van der Waals surface area (Å²) in [6, 6.07) is 10.2. The molecule has 3 aliphatic rings. The van der Waals surface area contributed by atoms with E-state index in [1.807, 2.05) is 47.4 Å². The van der Waals surface area contributed by atoms with Crippen LogP contribution in [0.15, 0.2) is 70.8 Å². The Morgan fingerprint density at radius 3 is 2.42 bits per heavy atom. The summed E-state index contributed by atoms with van der Waals surface area (Å²) in [5.41, 5.74) is 8.72. The number of anilines is 1. The van der Waals surface area contributed by atoms with Gasteiger partial charge in [-0.15, -0.1) is 0 Å². The molecule has 7 heteroatoms. The predicted molar refractivity (Wildman–Crippen MR) is 155 cm³/mol. The van der Waals surface area contributed by atoms with Crippen LogP contribution in [0.2, 0.25) is 0 Å². The summed E-state index contributed by atoms with van der Waals surface area (Å²) in [4.78, 5) is 32.9. The molecule has 1 aliphatic heterocycles. The maximum absolute atomic E-state index is 13.2. The normalized spacial score (nSPS) is 24.7. The number of nitrogens with one attached hydrogen (secondary N) is 2. The Morgan fingerprint density at radius 1 is 1.03 bits per heavy atom. The molecule has 2 aliphatic carbocycles. The third-order valence-electron chi connectivity index (χ3n) is 7.68. The van der Waals surface area contributed by atoms with Crippen LogP contribution in [0.1, 0.15) is 58.8 Å². The summed E-state index contributed by atoms with van der Waals surface area (Å²) < 4.78 is 0. The van der Waals surface area contributed by atoms with E-state index in [9.17, 15) is 9.59 Å². The number of fused-ring (bicyclic) bond motifs is 1. The number of carbonyl (C=O) groups excluding carboxylic acids is 2. The van der Waals surface area contributed by atoms with Crippen LogP contribution in [0.25, 0.3) is 0 Å². The minimum atomic E-state index is -0.267. The van der Waals surface area contributed by atoms with Crippen LogP contribution in [0, 0.1) is 11.8 Å². The summed E-state index contributed by atoms with van der Waals surface area (Å²) in [6.07, 6.45) is 14.1. The van der Waals surface area contributed by atoms with E-state index >= 15 is 0 Å². The van der Waals surface area contributed by atoms with E-state index in [0.717, 1.165) is 63.8 Å². The molecule has 0 spiro atoms. The molecule has 4 N–H and O–H groups in total. The number of nitrogens with two attached hydrogens (primary N) is 1. The molecule has 0 bridgehead atoms. The summed E-state index contributed by atoms with van der Waals surface area (Å²) in [5.74, 6) is 0.974. The lowest BCUT2D eigenvalue weighted by Gasteiger charge is -2.30. The quantitative estimate of drug-likeness (QED) is 0.423. The van der Waals surface area contributed by atoms with E-state index in [-0.39, 0.29) is 29.8 Å². The molecule has 4 rings (SSSR count). The molecule has 2 atom stereocenters. The van der Waals surface area contributed by atoms with Gasteiger partial charge in [-0.1, -0.05) is 50.3 Å². The number of hydrogen-bond acceptors (Lipinski definition) is 5. The Labute approximate surface area is 227 Å². The van der Waals surface area contributed by atoms with Crippen LogP contribution in [0.5, 0.6) is 0 Å². The highest BCUT2D eigenvalue weighted by molar-refractivity contribution is 6.00. The zero-order valence-corrected chi connectivity index (χ0v) is 22.9. The van der Waals surface area contributed by atoms with Crippen LogP contribution >= 0.6 is 0 Å². The lowest BCUT2D eigenvalue weighted by atomic mass is 9.85. The lowest BCUT2D eigenvalue weighted by Crippen LogP contribution is -2.39. The first-order chi connectivity index (χ1) is 18.5. The smallest absolute Gasteiger partial charge is 0.251 e. The highest BCUT2D eigenvalue weighted by Crippen LogP contribution is 2.28. The highest BCUT2D eigenvalue weighted by Gasteiger charge is 2.29. The van der Waals surface area contributed by atoms with E-state index in [2.05, 4.69) is 41.6 Å². The van der Waals surface area contributed by atoms with E-state index < -0.39 is 0 Å². The predicted octanol–water partition coefficient (Wildman–Crippen LogP) is 4.59. The molecular weight excluding hydrogens is 474 g/mol. The molecule has 1 aromatic rings. The van der Waals surface area contributed by atoms with Crippen LogP contribution in [0.4, 0.5) is 5.69 Å². The molecule has 1 heterocycles. The van der Waals surface area contributed by atoms with Gasteiger partial charge in [-0.3, -0.25) is 14.6 Å². The maximum Gasteiger partial charge on any atom is 0.251 e. The molecular formula is C31H43N5O2. The van der Waals surface area contributed by atoms with E-state index in [1.54, 1.807) is 0 Å². The number of aliphatic imine (C=N–C) groups is 1. The SMILES string of the molecule is CCCN(CCC)C(=O)C1=CC2C=CC(C(=O)NC3CCC(CNc4ccccc4)CC3)=CC2N=C(N)C1. The largest absolute Gasteiger partial charge is 0.387 e. The Kier molecular flexibility index (Phi) is 9.79. The Morgan fingerprint density at radius 2 is 1.74 bits per heavy atom. The minimum Gasteiger partial charge on any atom is -0.387 e. The topological polar surface area (TPSA) is 99.8 Å². The molecule has 1 fully saturated rings. The van der Waals surface area contributed by atoms with Gasteiger partial charge in [0, 0.05) is 54.8 Å². The zero-order chi connectivity index (χ0) is 26.9. The van der Waals surface area contributed by atoms with Gasteiger partial charge < -0.3 is 21.3 Å². The number of nitrogens with zero attached hydrogens (tertiary/aromatic N) is 2. The van der Waals surface area contributed by atoms with Crippen molar-refractivity contribution in [2.24, 2.45) is 22.6 Å². The number of para-hydroxylation sites is 1. The first-order valence-electron chi connectivity index (χ1n) is 14.3. The van der Waals surface area contributed by atoms with E-state index in [1.165, 1.54) is 0 Å². The van der Waals surface area contributed by atoms with Gasteiger partial charge in [0.2, 0.25) is 5.91 Å². The first kappa shape index (κ1) is 27.7. The third-order valence-corrected chi connectivity index (χ3v) is 7.68. The van der Waals surface area contributed by atoms with E-state index in [0.29, 0.717) is 29.3 Å². The number of amides is 2. The molecule has 204 valence electrons. The van der Waals surface area contributed by atoms with Gasteiger partial charge in [0.05, 0.1) is 11.9 Å². The minimum absolute atomic E-state index is 0.0444. The molecule has 0 aromatic heterocycles. The molecule has 2 unspecified atom stereocenters. The van der Waals surface area contributed by atoms with Crippen molar-refractivity contribution in [1.82, 2.24) is 10.2 Å². The van der Waals surface area contributed by atoms with Crippen LogP contribution < -0.4 is 16.4 Å². The molecule has 0 radical (unpaired) electrons. The number of rotatable bonds is 10. The number of hydrogen-bond donors (Lipinski definition) is 3. The Bertz CT molecular complexity index is 1080. The summed E-state index contributed by atoms with van der Waals surface area (Å²) in [7, 11) is 0. The second-order valence-corrected chi connectivity index (χ2v) is 10.8. The van der Waals surface area contributed by atoms with Crippen LogP contribution in [-0.2, 0) is 9.59 Å². The second-order valence-electron chi connectivity index (χ2n) is 10.8. The molecule has 7 nitrogen and oxygen atoms in total. The van der Waals surface area contributed by atoms with Crippen molar-refractivity contribution in [3.8, 4) is 0 Å². The molecule has 1 aromatic carbocycles. The van der Waals surface area contributed by atoms with E-state index in [4.69, 9.17) is 5.73 Å². The standard InChI is InChI=1S/C31H43N5O2/c1-3-16-36(17-4-2)31(38)25-18-23-12-13-24(19-28(23)35-29(32)20-25)30(37)34-27-14-10-22(11-15-27)21-33-26-8-6-5-7-9-26/h5-9,12-13,18-19,22-23,27-28,33H,3-4,10-11,14-17,20-21H2,1-2H3,(H2,32,35)(H,34,37).